The van der Waals surface area contributed by atoms with E-state index in [1.807, 2.05) is 69.4 Å². The minimum atomic E-state index is -0.281. The lowest BCUT2D eigenvalue weighted by Crippen LogP contribution is -2.41. The van der Waals surface area contributed by atoms with Gasteiger partial charge in [0.1, 0.15) is 0 Å². The van der Waals surface area contributed by atoms with Crippen molar-refractivity contribution in [2.75, 3.05) is 31.0 Å². The van der Waals surface area contributed by atoms with Crippen LogP contribution >= 0.6 is 0 Å². The molecule has 27 heavy (non-hydrogen) atoms. The number of hydrogen-bond donors (Lipinski definition) is 3. The number of ether oxygens (including phenoxy) is 1. The Bertz CT molecular complexity index is 821. The Labute approximate surface area is 158 Å². The third-order valence-electron chi connectivity index (χ3n) is 4.05. The number of para-hydroxylation sites is 1. The number of urea groups is 1. The van der Waals surface area contributed by atoms with Gasteiger partial charge in [0.25, 0.3) is 0 Å². The van der Waals surface area contributed by atoms with E-state index < -0.39 is 0 Å². The number of hydrazone groups is 1. The summed E-state index contributed by atoms with van der Waals surface area (Å²) in [5.74, 6) is 0.716. The van der Waals surface area contributed by atoms with E-state index >= 15 is 0 Å². The van der Waals surface area contributed by atoms with E-state index in [2.05, 4.69) is 21.2 Å². The summed E-state index contributed by atoms with van der Waals surface area (Å²) in [5, 5.41) is 13.6. The first-order valence-corrected chi connectivity index (χ1v) is 8.75. The predicted octanol–water partition coefficient (Wildman–Crippen LogP) is 2.96. The Morgan fingerprint density at radius 1 is 1.15 bits per heavy atom. The van der Waals surface area contributed by atoms with Crippen molar-refractivity contribution in [1.29, 1.82) is 0 Å². The summed E-state index contributed by atoms with van der Waals surface area (Å²) in [4.78, 5) is 12.2. The van der Waals surface area contributed by atoms with Crippen LogP contribution < -0.4 is 16.1 Å². The third-order valence-corrected chi connectivity index (χ3v) is 4.05. The van der Waals surface area contributed by atoms with E-state index in [1.54, 1.807) is 10.2 Å². The third kappa shape index (κ3) is 4.75. The Kier molecular flexibility index (Phi) is 5.90. The van der Waals surface area contributed by atoms with Crippen molar-refractivity contribution < 1.29 is 9.53 Å². The fourth-order valence-electron chi connectivity index (χ4n) is 2.54. The van der Waals surface area contributed by atoms with Crippen LogP contribution in [-0.2, 0) is 4.74 Å². The molecule has 0 saturated carbocycles. The van der Waals surface area contributed by atoms with Gasteiger partial charge in [0.2, 0.25) is 0 Å². The lowest BCUT2D eigenvalue weighted by atomic mass is 10.2. The number of nitrogens with zero attached hydrogens (tertiary/aromatic N) is 3. The van der Waals surface area contributed by atoms with E-state index in [4.69, 9.17) is 4.74 Å². The molecule has 0 fully saturated rings. The molecule has 1 aliphatic heterocycles. The number of rotatable bonds is 6. The largest absolute Gasteiger partial charge is 0.358 e. The maximum Gasteiger partial charge on any atom is 0.323 e. The van der Waals surface area contributed by atoms with E-state index in [1.165, 1.54) is 0 Å². The highest BCUT2D eigenvalue weighted by Gasteiger charge is 2.20. The summed E-state index contributed by atoms with van der Waals surface area (Å²) in [7, 11) is 1.86. The van der Waals surface area contributed by atoms with Crippen molar-refractivity contribution in [2.45, 2.75) is 13.8 Å². The number of carbonyl (C=O) groups is 1. The molecule has 0 atom stereocenters. The fraction of sp³-hybridized carbons (Fsp3) is 0.263. The number of carbonyl (C=O) groups excluding carboxylic acids is 1. The molecule has 2 amide bonds. The highest BCUT2D eigenvalue weighted by Crippen LogP contribution is 2.16. The van der Waals surface area contributed by atoms with Crippen LogP contribution in [0.25, 0.3) is 0 Å². The average Bonchev–Trinajstić information content (AvgIpc) is 3.03. The molecule has 142 valence electrons. The SMILES string of the molecule is CCOCN1N=C(c2ccc(NC(=O)Nc3ccccc3C)cc2)NN1C. The molecule has 3 N–H and O–H groups in total. The monoisotopic (exact) mass is 368 g/mol. The molecular formula is C19H24N6O2. The molecule has 0 radical (unpaired) electrons. The minimum Gasteiger partial charge on any atom is -0.358 e. The topological polar surface area (TPSA) is 81.2 Å². The minimum absolute atomic E-state index is 0.281. The van der Waals surface area contributed by atoms with Crippen LogP contribution in [0.1, 0.15) is 18.1 Å². The molecule has 2 aromatic carbocycles. The van der Waals surface area contributed by atoms with Gasteiger partial charge in [0.05, 0.1) is 0 Å². The molecule has 0 spiro atoms. The van der Waals surface area contributed by atoms with Crippen LogP contribution in [0.4, 0.5) is 16.2 Å². The molecule has 1 aliphatic rings. The average molecular weight is 368 g/mol. The number of aryl methyl sites for hydroxylation is 1. The summed E-state index contributed by atoms with van der Waals surface area (Å²) in [5.41, 5.74) is 6.56. The number of benzene rings is 2. The van der Waals surface area contributed by atoms with Crippen molar-refractivity contribution in [3.05, 3.63) is 59.7 Å². The van der Waals surface area contributed by atoms with E-state index in [0.29, 0.717) is 24.9 Å². The number of nitrogens with one attached hydrogen (secondary N) is 3. The van der Waals surface area contributed by atoms with Crippen molar-refractivity contribution in [3.8, 4) is 0 Å². The first-order valence-electron chi connectivity index (χ1n) is 8.75. The first kappa shape index (κ1) is 18.7. The summed E-state index contributed by atoms with van der Waals surface area (Å²) in [6, 6.07) is 14.8. The van der Waals surface area contributed by atoms with Crippen molar-refractivity contribution in [3.63, 3.8) is 0 Å². The highest BCUT2D eigenvalue weighted by molar-refractivity contribution is 6.01. The van der Waals surface area contributed by atoms with E-state index in [-0.39, 0.29) is 6.03 Å². The van der Waals surface area contributed by atoms with Crippen LogP contribution in [0.5, 0.6) is 0 Å². The molecule has 1 heterocycles. The second-order valence-electron chi connectivity index (χ2n) is 6.05. The van der Waals surface area contributed by atoms with Crippen molar-refractivity contribution >= 4 is 23.2 Å². The zero-order chi connectivity index (χ0) is 19.2. The molecule has 8 heteroatoms. The number of amidine groups is 1. The quantitative estimate of drug-likeness (QED) is 0.730. The molecule has 3 rings (SSSR count). The molecule has 0 aliphatic carbocycles. The van der Waals surface area contributed by atoms with Gasteiger partial charge in [0, 0.05) is 30.6 Å². The van der Waals surface area contributed by atoms with Crippen LogP contribution in [-0.4, -0.2) is 42.5 Å². The molecule has 0 unspecified atom stereocenters. The number of hydrogen-bond acceptors (Lipinski definition) is 6. The van der Waals surface area contributed by atoms with Crippen molar-refractivity contribution in [1.82, 2.24) is 15.7 Å². The van der Waals surface area contributed by atoms with E-state index in [0.717, 1.165) is 16.8 Å². The predicted molar refractivity (Wildman–Crippen MR) is 106 cm³/mol. The van der Waals surface area contributed by atoms with E-state index in [9.17, 15) is 4.79 Å². The Hall–Kier alpha value is -3.10. The lowest BCUT2D eigenvalue weighted by molar-refractivity contribution is -0.0892. The van der Waals surface area contributed by atoms with Crippen LogP contribution in [0.15, 0.2) is 53.6 Å². The van der Waals surface area contributed by atoms with Gasteiger partial charge in [0.15, 0.2) is 12.6 Å². The number of amides is 2. The Morgan fingerprint density at radius 2 is 1.89 bits per heavy atom. The van der Waals surface area contributed by atoms with Gasteiger partial charge in [-0.3, -0.25) is 5.43 Å². The zero-order valence-corrected chi connectivity index (χ0v) is 15.7. The van der Waals surface area contributed by atoms with Gasteiger partial charge >= 0.3 is 6.03 Å². The normalized spacial score (nSPS) is 13.9. The Balaban J connectivity index is 1.60. The summed E-state index contributed by atoms with van der Waals surface area (Å²) >= 11 is 0. The lowest BCUT2D eigenvalue weighted by Gasteiger charge is -2.21. The molecule has 0 bridgehead atoms. The van der Waals surface area contributed by atoms with Gasteiger partial charge in [-0.2, -0.15) is 5.12 Å². The molecule has 0 saturated heterocycles. The van der Waals surface area contributed by atoms with Crippen molar-refractivity contribution in [2.24, 2.45) is 5.10 Å². The van der Waals surface area contributed by atoms with Gasteiger partial charge in [-0.05, 0) is 49.7 Å². The smallest absolute Gasteiger partial charge is 0.323 e. The van der Waals surface area contributed by atoms with Gasteiger partial charge in [-0.1, -0.05) is 18.2 Å². The number of hydrazine groups is 2. The van der Waals surface area contributed by atoms with Crippen LogP contribution in [0.2, 0.25) is 0 Å². The van der Waals surface area contributed by atoms with Gasteiger partial charge in [-0.25, -0.2) is 4.79 Å². The zero-order valence-electron chi connectivity index (χ0n) is 15.7. The molecular weight excluding hydrogens is 344 g/mol. The Morgan fingerprint density at radius 3 is 2.59 bits per heavy atom. The van der Waals surface area contributed by atoms with Gasteiger partial charge < -0.3 is 15.4 Å². The second-order valence-corrected chi connectivity index (χ2v) is 6.05. The molecule has 2 aromatic rings. The fourth-order valence-corrected chi connectivity index (χ4v) is 2.54. The molecule has 0 aromatic heterocycles. The number of anilines is 2. The second kappa shape index (κ2) is 8.52. The van der Waals surface area contributed by atoms with Crippen LogP contribution in [0, 0.1) is 6.92 Å². The maximum absolute atomic E-state index is 12.2. The first-order chi connectivity index (χ1) is 13.1. The maximum atomic E-state index is 12.2. The summed E-state index contributed by atoms with van der Waals surface area (Å²) < 4.78 is 5.37. The summed E-state index contributed by atoms with van der Waals surface area (Å²) in [6.07, 6.45) is 0. The molecule has 8 nitrogen and oxygen atoms in total. The highest BCUT2D eigenvalue weighted by atomic mass is 16.5. The summed E-state index contributed by atoms with van der Waals surface area (Å²) in [6.45, 7) is 4.89. The van der Waals surface area contributed by atoms with Crippen LogP contribution in [0.3, 0.4) is 0 Å². The standard InChI is InChI=1S/C19H24N6O2/c1-4-27-13-25-23-18(22-24(25)3)15-9-11-16(12-10-15)20-19(26)21-17-8-6-5-7-14(17)2/h5-12H,4,13H2,1-3H3,(H,22,23)(H2,20,21,26). The van der Waals surface area contributed by atoms with Gasteiger partial charge in [-0.15, -0.1) is 10.2 Å².